The number of rotatable bonds is 0. The highest BCUT2D eigenvalue weighted by Gasteiger charge is 2.28. The number of amides is 1. The summed E-state index contributed by atoms with van der Waals surface area (Å²) in [7, 11) is 3.82. The minimum Gasteiger partial charge on any atom is -0.341 e. The third kappa shape index (κ3) is 1.42. The Morgan fingerprint density at radius 3 is 2.88 bits per heavy atom. The van der Waals surface area contributed by atoms with Crippen molar-refractivity contribution in [2.45, 2.75) is 6.42 Å². The molecule has 2 aromatic rings. The maximum atomic E-state index is 12.2. The number of fused-ring (bicyclic) bond motifs is 3. The molecule has 0 N–H and O–H groups in total. The van der Waals surface area contributed by atoms with Gasteiger partial charge in [-0.15, -0.1) is 0 Å². The van der Waals surface area contributed by atoms with Crippen molar-refractivity contribution in [3.63, 3.8) is 0 Å². The van der Waals surface area contributed by atoms with Crippen molar-refractivity contribution in [2.24, 2.45) is 7.05 Å². The van der Waals surface area contributed by atoms with Crippen LogP contribution in [0.5, 0.6) is 0 Å². The van der Waals surface area contributed by atoms with Gasteiger partial charge in [-0.2, -0.15) is 0 Å². The summed E-state index contributed by atoms with van der Waals surface area (Å²) in [6, 6.07) is 3.84. The third-order valence-corrected chi connectivity index (χ3v) is 3.81. The highest BCUT2D eigenvalue weighted by molar-refractivity contribution is 9.10. The number of aromatic nitrogens is 2. The van der Waals surface area contributed by atoms with Crippen LogP contribution in [0.3, 0.4) is 0 Å². The quantitative estimate of drug-likeness (QED) is 0.697. The molecule has 0 aliphatic carbocycles. The largest absolute Gasteiger partial charge is 0.341 e. The lowest BCUT2D eigenvalue weighted by molar-refractivity contribution is 0.0781. The second-order valence-corrected chi connectivity index (χ2v) is 5.18. The van der Waals surface area contributed by atoms with Crippen molar-refractivity contribution in [3.05, 3.63) is 28.0 Å². The fraction of sp³-hybridized carbons (Fsp3) is 0.333. The minimum atomic E-state index is 0.0981. The first-order valence-corrected chi connectivity index (χ1v) is 6.28. The number of likely N-dealkylation sites (N-methyl/N-ethyl adjacent to an activating group) is 1. The molecular weight excluding hydrogens is 282 g/mol. The van der Waals surface area contributed by atoms with Crippen molar-refractivity contribution in [1.29, 1.82) is 0 Å². The van der Waals surface area contributed by atoms with Gasteiger partial charge in [-0.3, -0.25) is 4.79 Å². The molecule has 1 aliphatic heterocycles. The molecule has 0 unspecified atom stereocenters. The van der Waals surface area contributed by atoms with E-state index in [-0.39, 0.29) is 5.91 Å². The van der Waals surface area contributed by atoms with Crippen LogP contribution in [0.25, 0.3) is 11.0 Å². The van der Waals surface area contributed by atoms with Crippen LogP contribution in [-0.4, -0.2) is 34.0 Å². The van der Waals surface area contributed by atoms with Crippen LogP contribution in [0.1, 0.15) is 16.1 Å². The standard InChI is InChI=1S/C12H12BrN3O/c1-15-6-5-8-10(12(15)17)7-3-4-9(13)14-11(7)16(8)2/h3-4H,5-6H2,1-2H3. The molecule has 17 heavy (non-hydrogen) atoms. The third-order valence-electron chi connectivity index (χ3n) is 3.37. The molecule has 1 amide bonds. The second-order valence-electron chi connectivity index (χ2n) is 4.36. The predicted octanol–water partition coefficient (Wildman–Crippen LogP) is 1.96. The number of aryl methyl sites for hydroxylation is 1. The van der Waals surface area contributed by atoms with Crippen LogP contribution in [0, 0.1) is 0 Å². The molecular formula is C12H12BrN3O. The molecule has 3 rings (SSSR count). The summed E-state index contributed by atoms with van der Waals surface area (Å²) in [5, 5.41) is 0.947. The van der Waals surface area contributed by atoms with Gasteiger partial charge in [-0.05, 0) is 28.1 Å². The van der Waals surface area contributed by atoms with E-state index < -0.39 is 0 Å². The molecule has 88 valence electrons. The average molecular weight is 294 g/mol. The minimum absolute atomic E-state index is 0.0981. The van der Waals surface area contributed by atoms with E-state index in [0.717, 1.165) is 39.9 Å². The number of carbonyl (C=O) groups excluding carboxylic acids is 1. The Morgan fingerprint density at radius 2 is 2.12 bits per heavy atom. The predicted molar refractivity (Wildman–Crippen MR) is 69.1 cm³/mol. The van der Waals surface area contributed by atoms with Crippen molar-refractivity contribution in [1.82, 2.24) is 14.5 Å². The Balaban J connectivity index is 2.39. The molecule has 0 spiro atoms. The van der Waals surface area contributed by atoms with E-state index in [0.29, 0.717) is 0 Å². The van der Waals surface area contributed by atoms with Crippen LogP contribution in [0.2, 0.25) is 0 Å². The van der Waals surface area contributed by atoms with Gasteiger partial charge in [0, 0.05) is 38.1 Å². The lowest BCUT2D eigenvalue weighted by atomic mass is 10.1. The van der Waals surface area contributed by atoms with Gasteiger partial charge >= 0.3 is 0 Å². The Labute approximate surface area is 107 Å². The van der Waals surface area contributed by atoms with Crippen molar-refractivity contribution in [2.75, 3.05) is 13.6 Å². The molecule has 0 saturated carbocycles. The van der Waals surface area contributed by atoms with Crippen molar-refractivity contribution >= 4 is 32.9 Å². The smallest absolute Gasteiger partial charge is 0.256 e. The van der Waals surface area contributed by atoms with Crippen LogP contribution in [-0.2, 0) is 13.5 Å². The number of carbonyl (C=O) groups is 1. The first kappa shape index (κ1) is 10.8. The highest BCUT2D eigenvalue weighted by Crippen LogP contribution is 2.29. The lowest BCUT2D eigenvalue weighted by Gasteiger charge is -2.23. The molecule has 0 fully saturated rings. The summed E-state index contributed by atoms with van der Waals surface area (Å²) in [6.07, 6.45) is 0.891. The monoisotopic (exact) mass is 293 g/mol. The Bertz CT molecular complexity index is 632. The van der Waals surface area contributed by atoms with E-state index in [1.807, 2.05) is 30.8 Å². The number of pyridine rings is 1. The van der Waals surface area contributed by atoms with Crippen LogP contribution in [0.15, 0.2) is 16.7 Å². The number of hydrogen-bond donors (Lipinski definition) is 0. The maximum absolute atomic E-state index is 12.2. The molecule has 0 atom stereocenters. The normalized spacial score (nSPS) is 15.5. The molecule has 0 bridgehead atoms. The molecule has 4 nitrogen and oxygen atoms in total. The van der Waals surface area contributed by atoms with Crippen molar-refractivity contribution < 1.29 is 4.79 Å². The molecule has 0 saturated heterocycles. The van der Waals surface area contributed by atoms with E-state index in [2.05, 4.69) is 20.9 Å². The van der Waals surface area contributed by atoms with E-state index in [1.54, 1.807) is 4.90 Å². The lowest BCUT2D eigenvalue weighted by Crippen LogP contribution is -2.34. The van der Waals surface area contributed by atoms with E-state index in [1.165, 1.54) is 0 Å². The fourth-order valence-corrected chi connectivity index (χ4v) is 2.72. The first-order chi connectivity index (χ1) is 8.09. The fourth-order valence-electron chi connectivity index (χ4n) is 2.42. The highest BCUT2D eigenvalue weighted by atomic mass is 79.9. The summed E-state index contributed by atoms with van der Waals surface area (Å²) in [6.45, 7) is 0.775. The summed E-state index contributed by atoms with van der Waals surface area (Å²) in [5.74, 6) is 0.0981. The second kappa shape index (κ2) is 3.57. The van der Waals surface area contributed by atoms with Gasteiger partial charge in [0.15, 0.2) is 0 Å². The molecule has 0 aromatic carbocycles. The Kier molecular flexibility index (Phi) is 2.26. The first-order valence-electron chi connectivity index (χ1n) is 5.49. The summed E-state index contributed by atoms with van der Waals surface area (Å²) >= 11 is 3.37. The van der Waals surface area contributed by atoms with E-state index >= 15 is 0 Å². The molecule has 3 heterocycles. The number of hydrogen-bond acceptors (Lipinski definition) is 2. The van der Waals surface area contributed by atoms with Gasteiger partial charge in [0.25, 0.3) is 5.91 Å². The molecule has 0 radical (unpaired) electrons. The van der Waals surface area contributed by atoms with Gasteiger partial charge in [0.1, 0.15) is 10.3 Å². The number of halogens is 1. The summed E-state index contributed by atoms with van der Waals surface area (Å²) in [4.78, 5) is 18.4. The average Bonchev–Trinajstić information content (AvgIpc) is 2.58. The van der Waals surface area contributed by atoms with Gasteiger partial charge in [0.2, 0.25) is 0 Å². The molecule has 1 aliphatic rings. The van der Waals surface area contributed by atoms with Gasteiger partial charge < -0.3 is 9.47 Å². The number of nitrogens with zero attached hydrogens (tertiary/aromatic N) is 3. The maximum Gasteiger partial charge on any atom is 0.256 e. The zero-order valence-corrected chi connectivity index (χ0v) is 11.3. The van der Waals surface area contributed by atoms with Crippen LogP contribution in [0.4, 0.5) is 0 Å². The van der Waals surface area contributed by atoms with E-state index in [9.17, 15) is 4.79 Å². The van der Waals surface area contributed by atoms with Crippen LogP contribution >= 0.6 is 15.9 Å². The Hall–Kier alpha value is -1.36. The Morgan fingerprint density at radius 1 is 1.35 bits per heavy atom. The molecule has 2 aromatic heterocycles. The van der Waals surface area contributed by atoms with E-state index in [4.69, 9.17) is 0 Å². The van der Waals surface area contributed by atoms with Crippen LogP contribution < -0.4 is 0 Å². The van der Waals surface area contributed by atoms with Gasteiger partial charge in [0.05, 0.1) is 5.56 Å². The SMILES string of the molecule is CN1CCc2c(c3ccc(Br)nc3n2C)C1=O. The van der Waals surface area contributed by atoms with Gasteiger partial charge in [-0.25, -0.2) is 4.98 Å². The molecule has 5 heteroatoms. The zero-order chi connectivity index (χ0) is 12.2. The summed E-state index contributed by atoms with van der Waals surface area (Å²) < 4.78 is 2.82. The topological polar surface area (TPSA) is 38.1 Å². The summed E-state index contributed by atoms with van der Waals surface area (Å²) in [5.41, 5.74) is 2.78. The zero-order valence-electron chi connectivity index (χ0n) is 9.70. The van der Waals surface area contributed by atoms with Crippen molar-refractivity contribution in [3.8, 4) is 0 Å². The van der Waals surface area contributed by atoms with Gasteiger partial charge in [-0.1, -0.05) is 0 Å².